The van der Waals surface area contributed by atoms with Gasteiger partial charge in [0.05, 0.1) is 11.2 Å². The molecule has 0 fully saturated rings. The van der Waals surface area contributed by atoms with Gasteiger partial charge in [-0.05, 0) is 41.5 Å². The molecule has 0 aliphatic rings. The summed E-state index contributed by atoms with van der Waals surface area (Å²) in [5, 5.41) is 0.861. The molecule has 0 aromatic heterocycles. The van der Waals surface area contributed by atoms with Gasteiger partial charge < -0.3 is 0 Å². The van der Waals surface area contributed by atoms with Gasteiger partial charge in [0, 0.05) is 0 Å². The Morgan fingerprint density at radius 2 is 1.23 bits per heavy atom. The molecule has 0 aliphatic carbocycles. The van der Waals surface area contributed by atoms with Crippen LogP contribution in [0, 0.1) is 0 Å². The minimum Gasteiger partial charge on any atom is -0.274 e. The highest BCUT2D eigenvalue weighted by molar-refractivity contribution is 5.43. The fourth-order valence-electron chi connectivity index (χ4n) is 0.602. The molecule has 78 valence electrons. The molecular formula is C9H19NO3. The van der Waals surface area contributed by atoms with Crippen LogP contribution in [0.4, 0.5) is 0 Å². The molecule has 0 aromatic carbocycles. The van der Waals surface area contributed by atoms with E-state index in [0.717, 1.165) is 5.23 Å². The van der Waals surface area contributed by atoms with Gasteiger partial charge in [0.25, 0.3) is 6.41 Å². The van der Waals surface area contributed by atoms with Crippen LogP contribution in [0.15, 0.2) is 0 Å². The third-order valence-electron chi connectivity index (χ3n) is 0.814. The Kier molecular flexibility index (Phi) is 3.88. The van der Waals surface area contributed by atoms with Gasteiger partial charge in [-0.25, -0.2) is 9.68 Å². The number of hydrogen-bond acceptors (Lipinski definition) is 3. The molecule has 0 aliphatic heterocycles. The maximum atomic E-state index is 10.5. The van der Waals surface area contributed by atoms with E-state index in [0.29, 0.717) is 6.41 Å². The molecule has 0 heterocycles. The van der Waals surface area contributed by atoms with Crippen molar-refractivity contribution in [1.82, 2.24) is 5.23 Å². The summed E-state index contributed by atoms with van der Waals surface area (Å²) < 4.78 is 0. The van der Waals surface area contributed by atoms with Gasteiger partial charge >= 0.3 is 0 Å². The van der Waals surface area contributed by atoms with Crippen molar-refractivity contribution in [2.45, 2.75) is 52.7 Å². The van der Waals surface area contributed by atoms with Crippen molar-refractivity contribution in [2.24, 2.45) is 0 Å². The zero-order valence-electron chi connectivity index (χ0n) is 9.25. The predicted molar refractivity (Wildman–Crippen MR) is 49.6 cm³/mol. The fraction of sp³-hybridized carbons (Fsp3) is 0.889. The third-order valence-corrected chi connectivity index (χ3v) is 0.814. The van der Waals surface area contributed by atoms with Gasteiger partial charge in [-0.1, -0.05) is 5.23 Å². The van der Waals surface area contributed by atoms with Crippen LogP contribution in [0.25, 0.3) is 0 Å². The van der Waals surface area contributed by atoms with Crippen LogP contribution in [-0.4, -0.2) is 22.8 Å². The maximum absolute atomic E-state index is 10.5. The summed E-state index contributed by atoms with van der Waals surface area (Å²) in [5.74, 6) is 0. The summed E-state index contributed by atoms with van der Waals surface area (Å²) in [6.07, 6.45) is 0.510. The minimum atomic E-state index is -0.438. The first kappa shape index (κ1) is 12.4. The van der Waals surface area contributed by atoms with Crippen LogP contribution in [0.2, 0.25) is 0 Å². The second-order valence-corrected chi connectivity index (χ2v) is 4.80. The first-order valence-corrected chi connectivity index (χ1v) is 4.27. The highest BCUT2D eigenvalue weighted by Gasteiger charge is 2.21. The topological polar surface area (TPSA) is 38.8 Å². The Bertz CT molecular complexity index is 151. The van der Waals surface area contributed by atoms with Crippen molar-refractivity contribution in [3.05, 3.63) is 0 Å². The third kappa shape index (κ3) is 7.74. The Balaban J connectivity index is 4.13. The molecule has 0 saturated carbocycles. The zero-order valence-corrected chi connectivity index (χ0v) is 9.25. The quantitative estimate of drug-likeness (QED) is 0.503. The smallest absolute Gasteiger partial charge is 0.261 e. The van der Waals surface area contributed by atoms with Gasteiger partial charge in [0.2, 0.25) is 0 Å². The second kappa shape index (κ2) is 4.07. The maximum Gasteiger partial charge on any atom is 0.261 e. The molecule has 0 bridgehead atoms. The molecule has 0 aromatic rings. The van der Waals surface area contributed by atoms with Gasteiger partial charge in [-0.3, -0.25) is 4.79 Å². The van der Waals surface area contributed by atoms with Crippen molar-refractivity contribution in [3.8, 4) is 0 Å². The number of rotatable bonds is 3. The molecule has 1 amide bonds. The van der Waals surface area contributed by atoms with Gasteiger partial charge in [-0.2, -0.15) is 0 Å². The summed E-state index contributed by atoms with van der Waals surface area (Å²) >= 11 is 0. The normalized spacial score (nSPS) is 12.8. The van der Waals surface area contributed by atoms with Gasteiger partial charge in [-0.15, -0.1) is 0 Å². The van der Waals surface area contributed by atoms with Crippen LogP contribution in [-0.2, 0) is 14.5 Å². The molecular weight excluding hydrogens is 170 g/mol. The van der Waals surface area contributed by atoms with E-state index in [2.05, 4.69) is 0 Å². The lowest BCUT2D eigenvalue weighted by Crippen LogP contribution is -2.38. The average molecular weight is 189 g/mol. The van der Waals surface area contributed by atoms with E-state index in [-0.39, 0.29) is 0 Å². The summed E-state index contributed by atoms with van der Waals surface area (Å²) in [6, 6.07) is 0. The molecule has 0 saturated heterocycles. The van der Waals surface area contributed by atoms with Crippen LogP contribution in [0.5, 0.6) is 0 Å². The van der Waals surface area contributed by atoms with Crippen molar-refractivity contribution >= 4 is 6.41 Å². The van der Waals surface area contributed by atoms with Crippen LogP contribution < -0.4 is 0 Å². The number of carbonyl (C=O) groups is 1. The van der Waals surface area contributed by atoms with Crippen molar-refractivity contribution in [1.29, 1.82) is 0 Å². The van der Waals surface area contributed by atoms with E-state index in [1.54, 1.807) is 0 Å². The highest BCUT2D eigenvalue weighted by Crippen LogP contribution is 2.14. The van der Waals surface area contributed by atoms with Crippen molar-refractivity contribution in [3.63, 3.8) is 0 Å². The van der Waals surface area contributed by atoms with E-state index < -0.39 is 11.2 Å². The molecule has 0 rings (SSSR count). The zero-order chi connectivity index (χ0) is 10.7. The Labute approximate surface area is 79.7 Å². The standard InChI is InChI=1S/C9H19NO3/c1-8(2,3)12-10(7-11)13-9(4,5)6/h7H,1-6H3. The van der Waals surface area contributed by atoms with E-state index in [9.17, 15) is 4.79 Å². The number of nitrogens with zero attached hydrogens (tertiary/aromatic N) is 1. The Morgan fingerprint density at radius 3 is 1.38 bits per heavy atom. The second-order valence-electron chi connectivity index (χ2n) is 4.80. The lowest BCUT2D eigenvalue weighted by Gasteiger charge is -2.30. The lowest BCUT2D eigenvalue weighted by atomic mass is 10.2. The molecule has 0 spiro atoms. The predicted octanol–water partition coefficient (Wildman–Crippen LogP) is 1.91. The van der Waals surface area contributed by atoms with Gasteiger partial charge in [0.15, 0.2) is 0 Å². The molecule has 4 heteroatoms. The largest absolute Gasteiger partial charge is 0.274 e. The molecule has 0 N–H and O–H groups in total. The number of carbonyl (C=O) groups excluding carboxylic acids is 1. The minimum absolute atomic E-state index is 0.438. The number of hydroxylamine groups is 2. The van der Waals surface area contributed by atoms with Crippen molar-refractivity contribution in [2.75, 3.05) is 0 Å². The average Bonchev–Trinajstić information content (AvgIpc) is 1.79. The highest BCUT2D eigenvalue weighted by atomic mass is 17.0. The summed E-state index contributed by atoms with van der Waals surface area (Å²) in [4.78, 5) is 20.9. The van der Waals surface area contributed by atoms with Crippen LogP contribution in [0.3, 0.4) is 0 Å². The molecule has 0 radical (unpaired) electrons. The van der Waals surface area contributed by atoms with E-state index in [1.807, 2.05) is 41.5 Å². The first-order chi connectivity index (χ1) is 5.64. The molecule has 0 unspecified atom stereocenters. The SMILES string of the molecule is CC(C)(C)ON(C=O)OC(C)(C)C. The summed E-state index contributed by atoms with van der Waals surface area (Å²) in [7, 11) is 0. The summed E-state index contributed by atoms with van der Waals surface area (Å²) in [5.41, 5.74) is -0.877. The lowest BCUT2D eigenvalue weighted by molar-refractivity contribution is -0.395. The summed E-state index contributed by atoms with van der Waals surface area (Å²) in [6.45, 7) is 11.1. The first-order valence-electron chi connectivity index (χ1n) is 4.27. The van der Waals surface area contributed by atoms with E-state index in [4.69, 9.17) is 9.68 Å². The van der Waals surface area contributed by atoms with E-state index >= 15 is 0 Å². The number of hydrogen-bond donors (Lipinski definition) is 0. The Hall–Kier alpha value is -0.610. The van der Waals surface area contributed by atoms with Crippen LogP contribution >= 0.6 is 0 Å². The monoisotopic (exact) mass is 189 g/mol. The number of amides is 1. The van der Waals surface area contributed by atoms with E-state index in [1.165, 1.54) is 0 Å². The Morgan fingerprint density at radius 1 is 0.923 bits per heavy atom. The molecule has 13 heavy (non-hydrogen) atoms. The molecule has 0 atom stereocenters. The molecule has 4 nitrogen and oxygen atoms in total. The fourth-order valence-corrected chi connectivity index (χ4v) is 0.602. The van der Waals surface area contributed by atoms with Crippen LogP contribution in [0.1, 0.15) is 41.5 Å². The van der Waals surface area contributed by atoms with Gasteiger partial charge in [0.1, 0.15) is 0 Å². The van der Waals surface area contributed by atoms with Crippen molar-refractivity contribution < 1.29 is 14.5 Å².